The van der Waals surface area contributed by atoms with E-state index in [9.17, 15) is 0 Å². The van der Waals surface area contributed by atoms with Gasteiger partial charge in [-0.25, -0.2) is 4.98 Å². The number of hydrogen-bond donors (Lipinski definition) is 1. The van der Waals surface area contributed by atoms with Crippen LogP contribution in [0.3, 0.4) is 0 Å². The van der Waals surface area contributed by atoms with E-state index in [4.69, 9.17) is 5.73 Å². The Bertz CT molecular complexity index is 657. The van der Waals surface area contributed by atoms with E-state index in [0.29, 0.717) is 6.54 Å². The van der Waals surface area contributed by atoms with Crippen LogP contribution < -0.4 is 5.73 Å². The molecule has 2 N–H and O–H groups in total. The van der Waals surface area contributed by atoms with Gasteiger partial charge in [0.15, 0.2) is 0 Å². The van der Waals surface area contributed by atoms with Gasteiger partial charge in [-0.05, 0) is 23.8 Å². The van der Waals surface area contributed by atoms with Crippen LogP contribution in [0.2, 0.25) is 0 Å². The largest absolute Gasteiger partial charge is 0.326 e. The topological polar surface area (TPSA) is 56.7 Å². The van der Waals surface area contributed by atoms with Crippen molar-refractivity contribution >= 4 is 11.0 Å². The van der Waals surface area contributed by atoms with Crippen molar-refractivity contribution in [1.82, 2.24) is 14.5 Å². The van der Waals surface area contributed by atoms with E-state index in [0.717, 1.165) is 22.3 Å². The molecule has 0 aliphatic carbocycles. The fourth-order valence-electron chi connectivity index (χ4n) is 1.96. The van der Waals surface area contributed by atoms with Crippen LogP contribution in [-0.4, -0.2) is 14.5 Å². The molecule has 3 rings (SSSR count). The van der Waals surface area contributed by atoms with Crippen molar-refractivity contribution in [3.63, 3.8) is 0 Å². The zero-order chi connectivity index (χ0) is 11.7. The second kappa shape index (κ2) is 3.99. The lowest BCUT2D eigenvalue weighted by atomic mass is 10.2. The molecule has 0 saturated carbocycles. The Kier molecular flexibility index (Phi) is 2.34. The first-order chi connectivity index (χ1) is 8.40. The SMILES string of the molecule is NCc1ccncc1-n1cnc2ccccc21. The molecule has 0 atom stereocenters. The summed E-state index contributed by atoms with van der Waals surface area (Å²) in [6, 6.07) is 9.94. The number of imidazole rings is 1. The van der Waals surface area contributed by atoms with Gasteiger partial charge in [0.1, 0.15) is 6.33 Å². The third-order valence-corrected chi connectivity index (χ3v) is 2.82. The summed E-state index contributed by atoms with van der Waals surface area (Å²) in [5, 5.41) is 0. The molecule has 0 aliphatic heterocycles. The highest BCUT2D eigenvalue weighted by Crippen LogP contribution is 2.19. The van der Waals surface area contributed by atoms with Crippen LogP contribution in [0, 0.1) is 0 Å². The molecule has 1 aromatic carbocycles. The quantitative estimate of drug-likeness (QED) is 0.723. The monoisotopic (exact) mass is 224 g/mol. The van der Waals surface area contributed by atoms with E-state index in [1.807, 2.05) is 41.1 Å². The van der Waals surface area contributed by atoms with E-state index < -0.39 is 0 Å². The van der Waals surface area contributed by atoms with Crippen molar-refractivity contribution in [2.24, 2.45) is 5.73 Å². The molecule has 0 amide bonds. The lowest BCUT2D eigenvalue weighted by molar-refractivity contribution is 0.984. The smallest absolute Gasteiger partial charge is 0.100 e. The predicted octanol–water partition coefficient (Wildman–Crippen LogP) is 1.88. The van der Waals surface area contributed by atoms with Crippen molar-refractivity contribution in [3.8, 4) is 5.69 Å². The summed E-state index contributed by atoms with van der Waals surface area (Å²) in [6.07, 6.45) is 5.38. The van der Waals surface area contributed by atoms with Gasteiger partial charge < -0.3 is 5.73 Å². The normalized spacial score (nSPS) is 10.9. The van der Waals surface area contributed by atoms with E-state index in [1.54, 1.807) is 12.5 Å². The summed E-state index contributed by atoms with van der Waals surface area (Å²) in [5.41, 5.74) is 9.82. The number of nitrogens with two attached hydrogens (primary N) is 1. The Hall–Kier alpha value is -2.20. The van der Waals surface area contributed by atoms with Crippen molar-refractivity contribution in [3.05, 3.63) is 54.6 Å². The van der Waals surface area contributed by atoms with E-state index in [1.165, 1.54) is 0 Å². The minimum absolute atomic E-state index is 0.490. The highest BCUT2D eigenvalue weighted by atomic mass is 15.1. The zero-order valence-electron chi connectivity index (χ0n) is 9.24. The molecule has 0 unspecified atom stereocenters. The van der Waals surface area contributed by atoms with Crippen LogP contribution in [0.25, 0.3) is 16.7 Å². The van der Waals surface area contributed by atoms with Crippen molar-refractivity contribution < 1.29 is 0 Å². The first-order valence-corrected chi connectivity index (χ1v) is 5.45. The summed E-state index contributed by atoms with van der Waals surface area (Å²) in [7, 11) is 0. The lowest BCUT2D eigenvalue weighted by Gasteiger charge is -2.08. The lowest BCUT2D eigenvalue weighted by Crippen LogP contribution is -2.04. The average molecular weight is 224 g/mol. The molecular formula is C13H12N4. The second-order valence-corrected chi connectivity index (χ2v) is 3.81. The van der Waals surface area contributed by atoms with E-state index in [-0.39, 0.29) is 0 Å². The summed E-state index contributed by atoms with van der Waals surface area (Å²) in [5.74, 6) is 0. The molecule has 17 heavy (non-hydrogen) atoms. The molecule has 4 heteroatoms. The minimum Gasteiger partial charge on any atom is -0.326 e. The van der Waals surface area contributed by atoms with Crippen LogP contribution in [0.1, 0.15) is 5.56 Å². The third-order valence-electron chi connectivity index (χ3n) is 2.82. The summed E-state index contributed by atoms with van der Waals surface area (Å²) >= 11 is 0. The molecule has 4 nitrogen and oxygen atoms in total. The molecule has 3 aromatic rings. The minimum atomic E-state index is 0.490. The third kappa shape index (κ3) is 1.59. The van der Waals surface area contributed by atoms with Crippen molar-refractivity contribution in [2.75, 3.05) is 0 Å². The predicted molar refractivity (Wildman–Crippen MR) is 66.8 cm³/mol. The van der Waals surface area contributed by atoms with Gasteiger partial charge in [-0.15, -0.1) is 0 Å². The fraction of sp³-hybridized carbons (Fsp3) is 0.0769. The van der Waals surface area contributed by atoms with Gasteiger partial charge in [-0.3, -0.25) is 9.55 Å². The van der Waals surface area contributed by atoms with Crippen LogP contribution in [0.15, 0.2) is 49.1 Å². The maximum atomic E-state index is 5.74. The van der Waals surface area contributed by atoms with E-state index >= 15 is 0 Å². The Morgan fingerprint density at radius 1 is 1.18 bits per heavy atom. The van der Waals surface area contributed by atoms with Gasteiger partial charge in [0.05, 0.1) is 22.9 Å². The molecular weight excluding hydrogens is 212 g/mol. The maximum Gasteiger partial charge on any atom is 0.100 e. The average Bonchev–Trinajstić information content (AvgIpc) is 2.82. The van der Waals surface area contributed by atoms with Gasteiger partial charge in [0, 0.05) is 12.7 Å². The first-order valence-electron chi connectivity index (χ1n) is 5.45. The van der Waals surface area contributed by atoms with Crippen molar-refractivity contribution in [2.45, 2.75) is 6.54 Å². The molecule has 2 aromatic heterocycles. The first kappa shape index (κ1) is 9.99. The number of benzene rings is 1. The van der Waals surface area contributed by atoms with Gasteiger partial charge in [0.2, 0.25) is 0 Å². The standard InChI is InChI=1S/C13H12N4/c14-7-10-5-6-15-8-13(10)17-9-16-11-3-1-2-4-12(11)17/h1-6,8-9H,7,14H2. The molecule has 0 bridgehead atoms. The summed E-state index contributed by atoms with van der Waals surface area (Å²) < 4.78 is 2.02. The maximum absolute atomic E-state index is 5.74. The summed E-state index contributed by atoms with van der Waals surface area (Å²) in [4.78, 5) is 8.52. The number of fused-ring (bicyclic) bond motifs is 1. The number of pyridine rings is 1. The number of hydrogen-bond acceptors (Lipinski definition) is 3. The molecule has 0 aliphatic rings. The Balaban J connectivity index is 2.27. The highest BCUT2D eigenvalue weighted by molar-refractivity contribution is 5.77. The molecule has 0 fully saturated rings. The molecule has 0 radical (unpaired) electrons. The van der Waals surface area contributed by atoms with E-state index in [2.05, 4.69) is 9.97 Å². The number of para-hydroxylation sites is 2. The van der Waals surface area contributed by atoms with Crippen LogP contribution in [0.4, 0.5) is 0 Å². The van der Waals surface area contributed by atoms with Crippen molar-refractivity contribution in [1.29, 1.82) is 0 Å². The Labute approximate surface area is 98.7 Å². The number of nitrogens with zero attached hydrogens (tertiary/aromatic N) is 3. The number of aromatic nitrogens is 3. The molecule has 2 heterocycles. The second-order valence-electron chi connectivity index (χ2n) is 3.81. The van der Waals surface area contributed by atoms with Gasteiger partial charge in [0.25, 0.3) is 0 Å². The molecule has 0 saturated heterocycles. The molecule has 0 spiro atoms. The summed E-state index contributed by atoms with van der Waals surface area (Å²) in [6.45, 7) is 0.490. The van der Waals surface area contributed by atoms with Gasteiger partial charge in [-0.1, -0.05) is 12.1 Å². The van der Waals surface area contributed by atoms with Gasteiger partial charge >= 0.3 is 0 Å². The zero-order valence-corrected chi connectivity index (χ0v) is 9.24. The molecule has 84 valence electrons. The van der Waals surface area contributed by atoms with Gasteiger partial charge in [-0.2, -0.15) is 0 Å². The Morgan fingerprint density at radius 2 is 2.06 bits per heavy atom. The Morgan fingerprint density at radius 3 is 2.94 bits per heavy atom. The van der Waals surface area contributed by atoms with Crippen LogP contribution in [-0.2, 0) is 6.54 Å². The van der Waals surface area contributed by atoms with Crippen LogP contribution in [0.5, 0.6) is 0 Å². The number of rotatable bonds is 2. The van der Waals surface area contributed by atoms with Crippen LogP contribution >= 0.6 is 0 Å². The highest BCUT2D eigenvalue weighted by Gasteiger charge is 2.07. The fourth-order valence-corrected chi connectivity index (χ4v) is 1.96.